The van der Waals surface area contributed by atoms with Gasteiger partial charge in [0.2, 0.25) is 0 Å². The van der Waals surface area contributed by atoms with Gasteiger partial charge in [-0.25, -0.2) is 28.7 Å². The Labute approximate surface area is 214 Å². The normalized spacial score (nSPS) is 22.6. The van der Waals surface area contributed by atoms with Crippen LogP contribution in [0.5, 0.6) is 0 Å². The summed E-state index contributed by atoms with van der Waals surface area (Å²) in [6.07, 6.45) is 6.81. The molecule has 37 heavy (non-hydrogen) atoms. The van der Waals surface area contributed by atoms with Crippen LogP contribution in [-0.2, 0) is 23.3 Å². The summed E-state index contributed by atoms with van der Waals surface area (Å²) in [4.78, 5) is 31.1. The quantitative estimate of drug-likeness (QED) is 0.421. The second-order valence-electron chi connectivity index (χ2n) is 9.94. The van der Waals surface area contributed by atoms with Crippen molar-refractivity contribution in [3.63, 3.8) is 0 Å². The molecular formula is C29H27F2N5O. The Bertz CT molecular complexity index is 1450. The van der Waals surface area contributed by atoms with Gasteiger partial charge in [0.05, 0.1) is 22.7 Å². The van der Waals surface area contributed by atoms with Crippen molar-refractivity contribution in [2.45, 2.75) is 58.0 Å². The number of benzene rings is 1. The third-order valence-corrected chi connectivity index (χ3v) is 7.73. The predicted molar refractivity (Wildman–Crippen MR) is 134 cm³/mol. The van der Waals surface area contributed by atoms with Gasteiger partial charge in [-0.05, 0) is 43.4 Å². The first kappa shape index (κ1) is 24.8. The molecule has 8 heteroatoms. The third kappa shape index (κ3) is 4.22. The first-order valence-corrected chi connectivity index (χ1v) is 12.6. The lowest BCUT2D eigenvalue weighted by atomic mass is 9.56. The highest BCUT2D eigenvalue weighted by Gasteiger charge is 2.51. The van der Waals surface area contributed by atoms with Crippen molar-refractivity contribution in [3.05, 3.63) is 71.1 Å². The van der Waals surface area contributed by atoms with Crippen molar-refractivity contribution in [2.24, 2.45) is 11.8 Å². The van der Waals surface area contributed by atoms with Crippen LogP contribution >= 0.6 is 0 Å². The number of Topliss-reactive ketones (excluding diaryl/α,β-unsaturated/α-hetero) is 1. The molecule has 0 N–H and O–H groups in total. The number of carbonyl (C=O) groups excluding carboxylic acids is 1. The van der Waals surface area contributed by atoms with Crippen LogP contribution in [-0.4, -0.2) is 25.7 Å². The Hall–Kier alpha value is -3.86. The average molecular weight is 500 g/mol. The molecule has 5 rings (SSSR count). The molecule has 0 saturated heterocycles. The number of carbonyl (C=O) groups is 1. The second-order valence-corrected chi connectivity index (χ2v) is 9.94. The summed E-state index contributed by atoms with van der Waals surface area (Å²) >= 11 is 0. The molecule has 0 fully saturated rings. The molecule has 188 valence electrons. The van der Waals surface area contributed by atoms with Crippen molar-refractivity contribution in [1.29, 1.82) is 5.26 Å². The molecule has 0 spiro atoms. The molecular weight excluding hydrogens is 472 g/mol. The molecule has 3 aromatic rings. The molecule has 0 unspecified atom stereocenters. The smallest absolute Gasteiger partial charge is 0.179 e. The largest absolute Gasteiger partial charge is 0.293 e. The van der Waals surface area contributed by atoms with Gasteiger partial charge < -0.3 is 0 Å². The molecule has 0 aliphatic heterocycles. The summed E-state index contributed by atoms with van der Waals surface area (Å²) in [5, 5.41) is 9.84. The maximum atomic E-state index is 15.1. The molecule has 2 aromatic heterocycles. The van der Waals surface area contributed by atoms with Crippen LogP contribution in [0.25, 0.3) is 22.8 Å². The zero-order chi connectivity index (χ0) is 26.2. The van der Waals surface area contributed by atoms with E-state index in [2.05, 4.69) is 23.0 Å². The fourth-order valence-corrected chi connectivity index (χ4v) is 5.92. The molecule has 3 atom stereocenters. The molecule has 6 nitrogen and oxygen atoms in total. The number of halogens is 2. The zero-order valence-corrected chi connectivity index (χ0v) is 20.8. The van der Waals surface area contributed by atoms with E-state index in [0.717, 1.165) is 18.4 Å². The Morgan fingerprint density at radius 2 is 2.03 bits per heavy atom. The minimum atomic E-state index is -0.768. The van der Waals surface area contributed by atoms with Gasteiger partial charge in [0.15, 0.2) is 11.6 Å². The van der Waals surface area contributed by atoms with Gasteiger partial charge in [-0.15, -0.1) is 0 Å². The fourth-order valence-electron chi connectivity index (χ4n) is 5.92. The number of hydrogen-bond donors (Lipinski definition) is 0. The lowest BCUT2D eigenvalue weighted by Crippen LogP contribution is -2.47. The van der Waals surface area contributed by atoms with Gasteiger partial charge in [-0.1, -0.05) is 44.9 Å². The lowest BCUT2D eigenvalue weighted by molar-refractivity contribution is -0.122. The zero-order valence-electron chi connectivity index (χ0n) is 20.8. The summed E-state index contributed by atoms with van der Waals surface area (Å²) in [5.41, 5.74) is 2.17. The van der Waals surface area contributed by atoms with Crippen LogP contribution < -0.4 is 0 Å². The van der Waals surface area contributed by atoms with Crippen molar-refractivity contribution in [1.82, 2.24) is 19.9 Å². The van der Waals surface area contributed by atoms with Crippen LogP contribution in [0, 0.1) is 29.0 Å². The standard InChI is InChI=1S/C29H27F2N5O/c1-3-4-7-19-22-11-10-21-25(20-8-5-6-9-23(20)31)35-28(24-12-18(14-30)33-16-34-24)36-27(21)29(22,2)13-17(15-32)26(19)37/h5-6,8-9,12-13,16,19,22H,3-4,7,10-11,14H2,1-2H3/t19-,22-,29-/m1/s1. The number of hydrogen-bond acceptors (Lipinski definition) is 6. The summed E-state index contributed by atoms with van der Waals surface area (Å²) in [6.45, 7) is 3.32. The van der Waals surface area contributed by atoms with Gasteiger partial charge in [0.25, 0.3) is 0 Å². The van der Waals surface area contributed by atoms with Gasteiger partial charge in [0, 0.05) is 22.5 Å². The first-order valence-electron chi connectivity index (χ1n) is 12.6. The van der Waals surface area contributed by atoms with E-state index < -0.39 is 17.9 Å². The third-order valence-electron chi connectivity index (χ3n) is 7.73. The maximum absolute atomic E-state index is 15.1. The minimum absolute atomic E-state index is 0.0563. The Kier molecular flexibility index (Phi) is 6.63. The Morgan fingerprint density at radius 3 is 2.76 bits per heavy atom. The molecule has 1 aromatic carbocycles. The highest BCUT2D eigenvalue weighted by Crippen LogP contribution is 2.52. The molecule has 0 amide bonds. The molecule has 2 aliphatic rings. The number of alkyl halides is 1. The fraction of sp³-hybridized carbons (Fsp3) is 0.379. The maximum Gasteiger partial charge on any atom is 0.179 e. The summed E-state index contributed by atoms with van der Waals surface area (Å²) in [6, 6.07) is 10.0. The number of rotatable bonds is 6. The Balaban J connectivity index is 1.78. The number of unbranched alkanes of at least 4 members (excludes halogenated alkanes) is 1. The number of ketones is 1. The van der Waals surface area contributed by atoms with Gasteiger partial charge in [-0.3, -0.25) is 4.79 Å². The molecule has 2 aliphatic carbocycles. The van der Waals surface area contributed by atoms with Crippen LogP contribution in [0.3, 0.4) is 0 Å². The van der Waals surface area contributed by atoms with Crippen LogP contribution in [0.1, 0.15) is 56.5 Å². The van der Waals surface area contributed by atoms with Gasteiger partial charge in [0.1, 0.15) is 30.6 Å². The van der Waals surface area contributed by atoms with Crippen molar-refractivity contribution < 1.29 is 13.6 Å². The summed E-state index contributed by atoms with van der Waals surface area (Å²) in [5.74, 6) is -0.634. The monoisotopic (exact) mass is 499 g/mol. The topological polar surface area (TPSA) is 92.4 Å². The number of aromatic nitrogens is 4. The van der Waals surface area contributed by atoms with Gasteiger partial charge in [-0.2, -0.15) is 5.26 Å². The van der Waals surface area contributed by atoms with E-state index in [9.17, 15) is 14.4 Å². The number of fused-ring (bicyclic) bond motifs is 3. The molecule has 0 bridgehead atoms. The van der Waals surface area contributed by atoms with Crippen LogP contribution in [0.2, 0.25) is 0 Å². The molecule has 0 saturated carbocycles. The van der Waals surface area contributed by atoms with E-state index in [1.807, 2.05) is 6.92 Å². The second kappa shape index (κ2) is 9.89. The first-order chi connectivity index (χ1) is 17.9. The van der Waals surface area contributed by atoms with Crippen molar-refractivity contribution in [3.8, 4) is 28.8 Å². The van der Waals surface area contributed by atoms with Crippen molar-refractivity contribution >= 4 is 5.78 Å². The number of nitrogens with zero attached hydrogens (tertiary/aromatic N) is 5. The van der Waals surface area contributed by atoms with Crippen LogP contribution in [0.15, 0.2) is 48.3 Å². The summed E-state index contributed by atoms with van der Waals surface area (Å²) in [7, 11) is 0. The van der Waals surface area contributed by atoms with Crippen LogP contribution in [0.4, 0.5) is 8.78 Å². The van der Waals surface area contributed by atoms with E-state index in [0.29, 0.717) is 41.9 Å². The SMILES string of the molecule is CCCC[C@H]1C(=O)C(C#N)=C[C@@]2(C)c3nc(-c4cc(CF)ncn4)nc(-c4ccccc4F)c3CC[C@H]12. The predicted octanol–water partition coefficient (Wildman–Crippen LogP) is 5.87. The molecule has 2 heterocycles. The van der Waals surface area contributed by atoms with E-state index in [4.69, 9.17) is 9.97 Å². The highest BCUT2D eigenvalue weighted by atomic mass is 19.1. The molecule has 0 radical (unpaired) electrons. The average Bonchev–Trinajstić information content (AvgIpc) is 2.92. The van der Waals surface area contributed by atoms with E-state index in [1.54, 1.807) is 24.3 Å². The van der Waals surface area contributed by atoms with Gasteiger partial charge >= 0.3 is 0 Å². The van der Waals surface area contributed by atoms with E-state index in [1.165, 1.54) is 18.5 Å². The van der Waals surface area contributed by atoms with Crippen molar-refractivity contribution in [2.75, 3.05) is 0 Å². The highest BCUT2D eigenvalue weighted by molar-refractivity contribution is 6.02. The van der Waals surface area contributed by atoms with E-state index >= 15 is 4.39 Å². The van der Waals surface area contributed by atoms with E-state index in [-0.39, 0.29) is 34.7 Å². The minimum Gasteiger partial charge on any atom is -0.293 e. The number of allylic oxidation sites excluding steroid dienone is 2. The lowest BCUT2D eigenvalue weighted by Gasteiger charge is -2.46. The Morgan fingerprint density at radius 1 is 1.22 bits per heavy atom. The summed E-state index contributed by atoms with van der Waals surface area (Å²) < 4.78 is 28.4. The number of nitriles is 1.